The van der Waals surface area contributed by atoms with E-state index in [0.717, 1.165) is 47.5 Å². The maximum Gasteiger partial charge on any atom is 0.260 e. The zero-order valence-corrected chi connectivity index (χ0v) is 23.7. The molecule has 1 heterocycles. The maximum absolute atomic E-state index is 13.8. The topological polar surface area (TPSA) is 52.7 Å². The number of hydrogen-bond acceptors (Lipinski definition) is 4. The van der Waals surface area contributed by atoms with Gasteiger partial charge in [0.15, 0.2) is 0 Å². The van der Waals surface area contributed by atoms with Crippen LogP contribution in [0.1, 0.15) is 36.8 Å². The van der Waals surface area contributed by atoms with Crippen molar-refractivity contribution in [3.63, 3.8) is 0 Å². The highest BCUT2D eigenvalue weighted by Crippen LogP contribution is 2.44. The molecular weight excluding hydrogens is 521 g/mol. The molecule has 1 aliphatic heterocycles. The predicted octanol–water partition coefficient (Wildman–Crippen LogP) is 6.12. The molecule has 0 spiro atoms. The number of thioether (sulfide) groups is 1. The van der Waals surface area contributed by atoms with Gasteiger partial charge in [0.25, 0.3) is 5.91 Å². The molecule has 3 aromatic rings. The Hall–Kier alpha value is -3.58. The second-order valence-electron chi connectivity index (χ2n) is 10.6. The summed E-state index contributed by atoms with van der Waals surface area (Å²) in [6.07, 6.45) is 5.13. The van der Waals surface area contributed by atoms with Crippen molar-refractivity contribution >= 4 is 35.3 Å². The van der Waals surface area contributed by atoms with Crippen LogP contribution in [0.25, 0.3) is 6.08 Å². The van der Waals surface area contributed by atoms with Gasteiger partial charge in [0.1, 0.15) is 5.82 Å². The highest BCUT2D eigenvalue weighted by Gasteiger charge is 2.44. The molecule has 0 radical (unpaired) electrons. The summed E-state index contributed by atoms with van der Waals surface area (Å²) in [7, 11) is 2.06. The standard InChI is InChI=1S/C33H36FN3O2S/c1-36(28-11-6-3-7-12-28)20-8-19-35-32(38)26-15-18-30-29(22-26)37(23-25-13-16-27(34)17-14-25)33(39)31(40-30)21-24-9-4-2-5-10-24/h2-7,9-14,16-17,21,26,29-30H,8,15,18-20,22-23H2,1H3,(H,35,38)/b31-21-. The number of rotatable bonds is 9. The van der Waals surface area contributed by atoms with Crippen LogP contribution >= 0.6 is 11.8 Å². The molecule has 3 atom stereocenters. The van der Waals surface area contributed by atoms with Gasteiger partial charge in [-0.1, -0.05) is 60.7 Å². The van der Waals surface area contributed by atoms with Crippen LogP contribution in [0.15, 0.2) is 89.8 Å². The van der Waals surface area contributed by atoms with Gasteiger partial charge in [-0.05, 0) is 67.2 Å². The third kappa shape index (κ3) is 6.94. The lowest BCUT2D eigenvalue weighted by atomic mass is 9.83. The number of nitrogens with one attached hydrogen (secondary N) is 1. The van der Waals surface area contributed by atoms with Crippen molar-refractivity contribution in [1.29, 1.82) is 0 Å². The first kappa shape index (κ1) is 28.0. The van der Waals surface area contributed by atoms with E-state index in [2.05, 4.69) is 29.4 Å². The predicted molar refractivity (Wildman–Crippen MR) is 161 cm³/mol. The monoisotopic (exact) mass is 557 g/mol. The van der Waals surface area contributed by atoms with Crippen LogP contribution in [-0.2, 0) is 16.1 Å². The van der Waals surface area contributed by atoms with E-state index in [9.17, 15) is 14.0 Å². The molecule has 2 aliphatic rings. The first-order valence-electron chi connectivity index (χ1n) is 14.0. The molecule has 5 nitrogen and oxygen atoms in total. The molecule has 2 fully saturated rings. The summed E-state index contributed by atoms with van der Waals surface area (Å²) in [6.45, 7) is 1.87. The first-order valence-corrected chi connectivity index (χ1v) is 14.9. The van der Waals surface area contributed by atoms with Crippen molar-refractivity contribution in [3.05, 3.63) is 107 Å². The van der Waals surface area contributed by atoms with Crippen molar-refractivity contribution in [2.45, 2.75) is 43.5 Å². The Morgan fingerprint density at radius 2 is 1.73 bits per heavy atom. The molecule has 3 aromatic carbocycles. The number of hydrogen-bond donors (Lipinski definition) is 1. The van der Waals surface area contributed by atoms with E-state index in [1.54, 1.807) is 23.9 Å². The van der Waals surface area contributed by atoms with Crippen molar-refractivity contribution in [2.24, 2.45) is 5.92 Å². The molecule has 5 rings (SSSR count). The van der Waals surface area contributed by atoms with Gasteiger partial charge in [-0.25, -0.2) is 4.39 Å². The lowest BCUT2D eigenvalue weighted by Gasteiger charge is -2.46. The number of para-hydroxylation sites is 1. The SMILES string of the molecule is CN(CCCNC(=O)C1CCC2S/C(=C\c3ccccc3)C(=O)N(Cc3ccc(F)cc3)C2C1)c1ccccc1. The average Bonchev–Trinajstić information content (AvgIpc) is 2.99. The lowest BCUT2D eigenvalue weighted by Crippen LogP contribution is -2.53. The van der Waals surface area contributed by atoms with Crippen LogP contribution in [0.4, 0.5) is 10.1 Å². The minimum absolute atomic E-state index is 0.0237. The highest BCUT2D eigenvalue weighted by molar-refractivity contribution is 8.04. The number of halogens is 1. The van der Waals surface area contributed by atoms with E-state index < -0.39 is 0 Å². The quantitative estimate of drug-likeness (QED) is 0.254. The summed E-state index contributed by atoms with van der Waals surface area (Å²) in [4.78, 5) is 31.8. The average molecular weight is 558 g/mol. The molecular formula is C33H36FN3O2S. The summed E-state index contributed by atoms with van der Waals surface area (Å²) in [5, 5.41) is 3.37. The normalized spacial score (nSPS) is 21.6. The molecule has 2 amide bonds. The van der Waals surface area contributed by atoms with Gasteiger partial charge < -0.3 is 15.1 Å². The Morgan fingerprint density at radius 1 is 1.02 bits per heavy atom. The van der Waals surface area contributed by atoms with E-state index >= 15 is 0 Å². The molecule has 1 saturated carbocycles. The number of anilines is 1. The number of nitrogens with zero attached hydrogens (tertiary/aromatic N) is 2. The van der Waals surface area contributed by atoms with Gasteiger partial charge in [-0.15, -0.1) is 11.8 Å². The van der Waals surface area contributed by atoms with Gasteiger partial charge >= 0.3 is 0 Å². The lowest BCUT2D eigenvalue weighted by molar-refractivity contribution is -0.133. The van der Waals surface area contributed by atoms with Crippen LogP contribution < -0.4 is 10.2 Å². The summed E-state index contributed by atoms with van der Waals surface area (Å²) < 4.78 is 13.6. The largest absolute Gasteiger partial charge is 0.375 e. The van der Waals surface area contributed by atoms with Crippen molar-refractivity contribution < 1.29 is 14.0 Å². The van der Waals surface area contributed by atoms with Gasteiger partial charge in [-0.3, -0.25) is 9.59 Å². The fourth-order valence-corrected chi connectivity index (χ4v) is 7.00. The van der Waals surface area contributed by atoms with Crippen LogP contribution in [0, 0.1) is 11.7 Å². The third-order valence-corrected chi connectivity index (χ3v) is 9.20. The summed E-state index contributed by atoms with van der Waals surface area (Å²) in [6, 6.07) is 26.4. The number of benzene rings is 3. The van der Waals surface area contributed by atoms with Gasteiger partial charge in [0.05, 0.1) is 4.91 Å². The summed E-state index contributed by atoms with van der Waals surface area (Å²) in [5.74, 6) is -0.372. The second-order valence-corrected chi connectivity index (χ2v) is 11.9. The number of carbonyl (C=O) groups is 2. The Kier molecular flexibility index (Phi) is 9.22. The summed E-state index contributed by atoms with van der Waals surface area (Å²) in [5.41, 5.74) is 3.03. The smallest absolute Gasteiger partial charge is 0.260 e. The zero-order valence-electron chi connectivity index (χ0n) is 22.8. The zero-order chi connectivity index (χ0) is 27.9. The molecule has 40 heavy (non-hydrogen) atoms. The molecule has 3 unspecified atom stereocenters. The molecule has 0 bridgehead atoms. The number of amides is 2. The highest BCUT2D eigenvalue weighted by atomic mass is 32.2. The molecule has 0 aromatic heterocycles. The molecule has 1 N–H and O–H groups in total. The third-order valence-electron chi connectivity index (χ3n) is 7.81. The van der Waals surface area contributed by atoms with Crippen LogP contribution in [0.2, 0.25) is 0 Å². The number of carbonyl (C=O) groups excluding carboxylic acids is 2. The number of fused-ring (bicyclic) bond motifs is 1. The van der Waals surface area contributed by atoms with Crippen LogP contribution in [0.5, 0.6) is 0 Å². The minimum atomic E-state index is -0.295. The van der Waals surface area contributed by atoms with E-state index in [-0.39, 0.29) is 34.8 Å². The van der Waals surface area contributed by atoms with Crippen LogP contribution in [-0.4, -0.2) is 48.1 Å². The maximum atomic E-state index is 13.8. The van der Waals surface area contributed by atoms with Crippen molar-refractivity contribution in [1.82, 2.24) is 10.2 Å². The first-order chi connectivity index (χ1) is 19.5. The van der Waals surface area contributed by atoms with Gasteiger partial charge in [0.2, 0.25) is 5.91 Å². The Bertz CT molecular complexity index is 1320. The minimum Gasteiger partial charge on any atom is -0.375 e. The van der Waals surface area contributed by atoms with Crippen molar-refractivity contribution in [2.75, 3.05) is 25.0 Å². The fraction of sp³-hybridized carbons (Fsp3) is 0.333. The Labute approximate surface area is 240 Å². The molecule has 7 heteroatoms. The van der Waals surface area contributed by atoms with E-state index in [1.165, 1.54) is 12.1 Å². The van der Waals surface area contributed by atoms with Crippen molar-refractivity contribution in [3.8, 4) is 0 Å². The molecule has 208 valence electrons. The summed E-state index contributed by atoms with van der Waals surface area (Å²) >= 11 is 1.64. The van der Waals surface area contributed by atoms with E-state index in [0.29, 0.717) is 19.5 Å². The Balaban J connectivity index is 1.24. The molecule has 1 saturated heterocycles. The fourth-order valence-electron chi connectivity index (χ4n) is 5.58. The Morgan fingerprint density at radius 3 is 2.45 bits per heavy atom. The van der Waals surface area contributed by atoms with Crippen LogP contribution in [0.3, 0.4) is 0 Å². The van der Waals surface area contributed by atoms with E-state index in [4.69, 9.17) is 0 Å². The van der Waals surface area contributed by atoms with Gasteiger partial charge in [0, 0.05) is 49.6 Å². The van der Waals surface area contributed by atoms with Gasteiger partial charge in [-0.2, -0.15) is 0 Å². The van der Waals surface area contributed by atoms with E-state index in [1.807, 2.05) is 59.5 Å². The second kappa shape index (κ2) is 13.2. The molecule has 1 aliphatic carbocycles.